The summed E-state index contributed by atoms with van der Waals surface area (Å²) in [5.41, 5.74) is 4.33. The van der Waals surface area contributed by atoms with Gasteiger partial charge in [-0.2, -0.15) is 0 Å². The largest absolute Gasteiger partial charge is 0.465 e. The number of hydrogen-bond donors (Lipinski definition) is 2. The maximum absolute atomic E-state index is 15.6. The number of thiazole rings is 1. The summed E-state index contributed by atoms with van der Waals surface area (Å²) >= 11 is 1.28. The van der Waals surface area contributed by atoms with Gasteiger partial charge in [0.1, 0.15) is 5.82 Å². The summed E-state index contributed by atoms with van der Waals surface area (Å²) in [5.74, 6) is -1.35. The fourth-order valence-electron chi connectivity index (χ4n) is 7.07. The van der Waals surface area contributed by atoms with E-state index in [1.54, 1.807) is 24.0 Å². The van der Waals surface area contributed by atoms with Gasteiger partial charge in [0.2, 0.25) is 0 Å². The number of nitrogens with zero attached hydrogens (tertiary/aromatic N) is 6. The van der Waals surface area contributed by atoms with Crippen LogP contribution in [0.4, 0.5) is 20.0 Å². The molecule has 44 heavy (non-hydrogen) atoms. The minimum absolute atomic E-state index is 0.0398. The number of halogens is 1. The standard InChI is InChI=1S/C31H28FN7O4S/c32-23-11-19(18-3-5-20(6-4-18)37-13-31(14-37)15-38(16-31)30(42)43)10-21-22(23)12-39(28(21)41)26(27(40)35-29-33-7-9-44-29)25-24-2-1-8-36(24)17-34-25/h3-7,9-11,17,26H,1-2,8,12-16H2,(H,42,43)(H,33,35,40). The molecule has 6 heterocycles. The molecule has 0 aliphatic carbocycles. The van der Waals surface area contributed by atoms with Crippen molar-refractivity contribution in [2.24, 2.45) is 5.41 Å². The lowest BCUT2D eigenvalue weighted by Gasteiger charge is -2.60. The smallest absolute Gasteiger partial charge is 0.407 e. The van der Waals surface area contributed by atoms with Crippen LogP contribution in [0.1, 0.15) is 39.8 Å². The molecule has 0 bridgehead atoms. The van der Waals surface area contributed by atoms with E-state index in [9.17, 15) is 14.4 Å². The summed E-state index contributed by atoms with van der Waals surface area (Å²) in [7, 11) is 0. The summed E-state index contributed by atoms with van der Waals surface area (Å²) in [6.45, 7) is 3.48. The van der Waals surface area contributed by atoms with E-state index in [1.165, 1.54) is 27.2 Å². The first-order valence-electron chi connectivity index (χ1n) is 14.5. The quantitative estimate of drug-likeness (QED) is 0.334. The van der Waals surface area contributed by atoms with E-state index in [-0.39, 0.29) is 23.1 Å². The number of rotatable bonds is 6. The molecule has 2 aromatic heterocycles. The SMILES string of the molecule is O=C(Nc1nccs1)C(c1ncn2c1CCC2)N1Cc2c(F)cc(-c3ccc(N4CC5(CN(C(=O)O)C5)C4)cc3)cc2C1=O. The average molecular weight is 614 g/mol. The van der Waals surface area contributed by atoms with Crippen LogP contribution in [0.15, 0.2) is 54.3 Å². The highest BCUT2D eigenvalue weighted by Crippen LogP contribution is 2.43. The molecule has 0 radical (unpaired) electrons. The van der Waals surface area contributed by atoms with Gasteiger partial charge in [-0.25, -0.2) is 19.2 Å². The molecule has 8 rings (SSSR count). The van der Waals surface area contributed by atoms with E-state index < -0.39 is 29.8 Å². The molecule has 4 aliphatic heterocycles. The number of carbonyl (C=O) groups is 3. The third-order valence-corrected chi connectivity index (χ3v) is 9.92. The zero-order valence-corrected chi connectivity index (χ0v) is 24.4. The van der Waals surface area contributed by atoms with Crippen molar-refractivity contribution in [3.8, 4) is 11.1 Å². The number of hydrogen-bond acceptors (Lipinski definition) is 7. The number of carboxylic acid groups (broad SMARTS) is 1. The zero-order chi connectivity index (χ0) is 30.2. The van der Waals surface area contributed by atoms with Gasteiger partial charge in [0.25, 0.3) is 11.8 Å². The van der Waals surface area contributed by atoms with Crippen LogP contribution in [0.3, 0.4) is 0 Å². The fraction of sp³-hybridized carbons (Fsp3) is 0.323. The van der Waals surface area contributed by atoms with E-state index in [0.29, 0.717) is 29.5 Å². The highest BCUT2D eigenvalue weighted by molar-refractivity contribution is 7.13. The van der Waals surface area contributed by atoms with Gasteiger partial charge in [0.05, 0.1) is 18.6 Å². The lowest BCUT2D eigenvalue weighted by molar-refractivity contribution is -0.121. The van der Waals surface area contributed by atoms with Gasteiger partial charge in [-0.05, 0) is 48.2 Å². The Labute approximate surface area is 255 Å². The maximum atomic E-state index is 15.6. The second-order valence-electron chi connectivity index (χ2n) is 12.1. The molecule has 2 fully saturated rings. The number of nitrogens with one attached hydrogen (secondary N) is 1. The average Bonchev–Trinajstić information content (AvgIpc) is 3.76. The third kappa shape index (κ3) is 4.25. The summed E-state index contributed by atoms with van der Waals surface area (Å²) < 4.78 is 17.7. The Balaban J connectivity index is 1.04. The molecule has 1 unspecified atom stereocenters. The summed E-state index contributed by atoms with van der Waals surface area (Å²) in [4.78, 5) is 52.5. The predicted octanol–water partition coefficient (Wildman–Crippen LogP) is 4.23. The summed E-state index contributed by atoms with van der Waals surface area (Å²) in [5, 5.41) is 14.1. The van der Waals surface area contributed by atoms with Crippen LogP contribution in [0.5, 0.6) is 0 Å². The fourth-order valence-corrected chi connectivity index (χ4v) is 7.61. The number of aryl methyl sites for hydroxylation is 1. The number of carbonyl (C=O) groups excluding carboxylic acids is 2. The second kappa shape index (κ2) is 9.88. The lowest BCUT2D eigenvalue weighted by Crippen LogP contribution is -2.73. The van der Waals surface area contributed by atoms with Crippen LogP contribution in [0.2, 0.25) is 0 Å². The Hall–Kier alpha value is -4.78. The van der Waals surface area contributed by atoms with Crippen LogP contribution in [0, 0.1) is 11.2 Å². The Bertz CT molecular complexity index is 1810. The molecule has 2 saturated heterocycles. The van der Waals surface area contributed by atoms with Crippen molar-refractivity contribution >= 4 is 40.1 Å². The molecule has 1 spiro atoms. The molecule has 13 heteroatoms. The summed E-state index contributed by atoms with van der Waals surface area (Å²) in [6, 6.07) is 9.85. The van der Waals surface area contributed by atoms with Gasteiger partial charge in [-0.1, -0.05) is 12.1 Å². The number of likely N-dealkylation sites (tertiary alicyclic amines) is 1. The molecule has 224 valence electrons. The molecular weight excluding hydrogens is 585 g/mol. The van der Waals surface area contributed by atoms with Crippen molar-refractivity contribution < 1.29 is 23.9 Å². The molecule has 4 aromatic rings. The topological polar surface area (TPSA) is 124 Å². The van der Waals surface area contributed by atoms with Crippen LogP contribution < -0.4 is 10.2 Å². The van der Waals surface area contributed by atoms with Crippen LogP contribution in [-0.4, -0.2) is 73.5 Å². The highest BCUT2D eigenvalue weighted by atomic mass is 32.1. The van der Waals surface area contributed by atoms with E-state index in [1.807, 2.05) is 28.8 Å². The van der Waals surface area contributed by atoms with Gasteiger partial charge in [-0.15, -0.1) is 11.3 Å². The molecular formula is C31H28FN7O4S. The zero-order valence-electron chi connectivity index (χ0n) is 23.6. The van der Waals surface area contributed by atoms with E-state index in [2.05, 4.69) is 20.2 Å². The first-order chi connectivity index (χ1) is 21.3. The number of amides is 3. The molecule has 0 saturated carbocycles. The van der Waals surface area contributed by atoms with Gasteiger partial charge >= 0.3 is 6.09 Å². The third-order valence-electron chi connectivity index (χ3n) is 9.23. The minimum atomic E-state index is -1.03. The van der Waals surface area contributed by atoms with Crippen molar-refractivity contribution in [2.45, 2.75) is 32.0 Å². The van der Waals surface area contributed by atoms with Crippen molar-refractivity contribution in [3.05, 3.63) is 82.6 Å². The Morgan fingerprint density at radius 3 is 2.59 bits per heavy atom. The van der Waals surface area contributed by atoms with Crippen LogP contribution in [-0.2, 0) is 24.3 Å². The van der Waals surface area contributed by atoms with E-state index in [0.717, 1.165) is 49.4 Å². The van der Waals surface area contributed by atoms with Crippen molar-refractivity contribution in [1.29, 1.82) is 0 Å². The van der Waals surface area contributed by atoms with Gasteiger partial charge in [0, 0.05) is 72.2 Å². The second-order valence-corrected chi connectivity index (χ2v) is 13.0. The highest BCUT2D eigenvalue weighted by Gasteiger charge is 2.53. The first kappa shape index (κ1) is 26.8. The van der Waals surface area contributed by atoms with Crippen molar-refractivity contribution in [2.75, 3.05) is 36.4 Å². The van der Waals surface area contributed by atoms with Crippen molar-refractivity contribution in [3.63, 3.8) is 0 Å². The normalized spacial score (nSPS) is 18.6. The van der Waals surface area contributed by atoms with E-state index in [4.69, 9.17) is 5.11 Å². The Morgan fingerprint density at radius 2 is 1.86 bits per heavy atom. The molecule has 3 amide bonds. The first-order valence-corrected chi connectivity index (χ1v) is 15.4. The summed E-state index contributed by atoms with van der Waals surface area (Å²) in [6.07, 6.45) is 4.10. The monoisotopic (exact) mass is 613 g/mol. The number of fused-ring (bicyclic) bond motifs is 2. The number of aromatic nitrogens is 3. The Kier molecular flexibility index (Phi) is 6.02. The Morgan fingerprint density at radius 1 is 1.07 bits per heavy atom. The van der Waals surface area contributed by atoms with Crippen LogP contribution in [0.25, 0.3) is 11.1 Å². The molecule has 11 nitrogen and oxygen atoms in total. The van der Waals surface area contributed by atoms with Crippen LogP contribution >= 0.6 is 11.3 Å². The van der Waals surface area contributed by atoms with Gasteiger partial charge in [0.15, 0.2) is 11.2 Å². The molecule has 2 N–H and O–H groups in total. The maximum Gasteiger partial charge on any atom is 0.407 e. The van der Waals surface area contributed by atoms with E-state index >= 15 is 4.39 Å². The molecule has 1 atom stereocenters. The lowest BCUT2D eigenvalue weighted by atomic mass is 9.73. The number of benzene rings is 2. The number of imidazole rings is 1. The molecule has 2 aromatic carbocycles. The van der Waals surface area contributed by atoms with Gasteiger partial charge in [-0.3, -0.25) is 14.9 Å². The molecule has 4 aliphatic rings. The number of anilines is 2. The predicted molar refractivity (Wildman–Crippen MR) is 160 cm³/mol. The van der Waals surface area contributed by atoms with Gasteiger partial charge < -0.3 is 24.4 Å². The minimum Gasteiger partial charge on any atom is -0.465 e. The van der Waals surface area contributed by atoms with Crippen molar-refractivity contribution in [1.82, 2.24) is 24.3 Å².